The van der Waals surface area contributed by atoms with E-state index in [0.29, 0.717) is 31.7 Å². The summed E-state index contributed by atoms with van der Waals surface area (Å²) in [6.45, 7) is 2.29. The molecule has 1 aromatic heterocycles. The first-order valence-corrected chi connectivity index (χ1v) is 12.9. The minimum absolute atomic E-state index is 0.141. The summed E-state index contributed by atoms with van der Waals surface area (Å²) < 4.78 is 32.8. The Kier molecular flexibility index (Phi) is 9.00. The molecule has 9 nitrogen and oxygen atoms in total. The Labute approximate surface area is 200 Å². The zero-order valence-electron chi connectivity index (χ0n) is 19.5. The molecule has 3 N–H and O–H groups in total. The number of pyridine rings is 1. The van der Waals surface area contributed by atoms with E-state index in [1.165, 1.54) is 19.2 Å². The maximum atomic E-state index is 12.6. The quantitative estimate of drug-likeness (QED) is 0.470. The van der Waals surface area contributed by atoms with Gasteiger partial charge in [0.25, 0.3) is 0 Å². The maximum Gasteiger partial charge on any atom is 0.242 e. The molecule has 34 heavy (non-hydrogen) atoms. The van der Waals surface area contributed by atoms with Gasteiger partial charge in [0.05, 0.1) is 24.2 Å². The number of ether oxygens (including phenoxy) is 1. The van der Waals surface area contributed by atoms with Crippen LogP contribution in [0.4, 0.5) is 0 Å². The van der Waals surface area contributed by atoms with Crippen molar-refractivity contribution in [2.45, 2.75) is 50.1 Å². The molecule has 10 heteroatoms. The average molecular weight is 489 g/mol. The van der Waals surface area contributed by atoms with Crippen LogP contribution >= 0.6 is 0 Å². The Morgan fingerprint density at radius 1 is 1.09 bits per heavy atom. The Morgan fingerprint density at radius 3 is 2.41 bits per heavy atom. The first-order chi connectivity index (χ1) is 16.3. The number of benzene rings is 1. The molecule has 1 aliphatic rings. The van der Waals surface area contributed by atoms with Gasteiger partial charge in [0.2, 0.25) is 21.8 Å². The minimum Gasteiger partial charge on any atom is -0.497 e. The Morgan fingerprint density at radius 2 is 1.79 bits per heavy atom. The standard InChI is InChI=1S/C24H32N4O5S/c1-17(23(29)26-16-20-5-3-4-14-25-20)28-24(30)19-8-6-18(7-9-19)15-27-34(31,32)22-12-10-21(33-2)11-13-22/h3-5,10-14,17-19,27H,6-9,15-16H2,1-2H3,(H,26,29)(H,28,30)/t17-,18?,19?/m0/s1. The highest BCUT2D eigenvalue weighted by atomic mass is 32.2. The molecule has 3 rings (SSSR count). The number of methoxy groups -OCH3 is 1. The molecule has 2 aromatic rings. The van der Waals surface area contributed by atoms with E-state index in [0.717, 1.165) is 18.5 Å². The third-order valence-corrected chi connectivity index (χ3v) is 7.51. The summed E-state index contributed by atoms with van der Waals surface area (Å²) >= 11 is 0. The third kappa shape index (κ3) is 7.26. The molecule has 1 heterocycles. The summed E-state index contributed by atoms with van der Waals surface area (Å²) in [5.74, 6) is 0.172. The Bertz CT molecular complexity index is 1050. The topological polar surface area (TPSA) is 126 Å². The van der Waals surface area contributed by atoms with Gasteiger partial charge < -0.3 is 15.4 Å². The highest BCUT2D eigenvalue weighted by Gasteiger charge is 2.29. The van der Waals surface area contributed by atoms with E-state index >= 15 is 0 Å². The smallest absolute Gasteiger partial charge is 0.242 e. The number of nitrogens with zero attached hydrogens (tertiary/aromatic N) is 1. The van der Waals surface area contributed by atoms with Crippen LogP contribution in [-0.2, 0) is 26.2 Å². The SMILES string of the molecule is COc1ccc(S(=O)(=O)NCC2CCC(C(=O)N[C@@H](C)C(=O)NCc3ccccn3)CC2)cc1. The fourth-order valence-corrected chi connectivity index (χ4v) is 5.04. The van der Waals surface area contributed by atoms with Crippen LogP contribution in [0.25, 0.3) is 0 Å². The lowest BCUT2D eigenvalue weighted by molar-refractivity contribution is -0.131. The number of carbonyl (C=O) groups excluding carboxylic acids is 2. The van der Waals surface area contributed by atoms with Gasteiger partial charge in [0.15, 0.2) is 0 Å². The minimum atomic E-state index is -3.60. The van der Waals surface area contributed by atoms with Crippen molar-refractivity contribution in [3.8, 4) is 5.75 Å². The number of nitrogens with one attached hydrogen (secondary N) is 3. The van der Waals surface area contributed by atoms with Crippen LogP contribution in [0.5, 0.6) is 5.75 Å². The predicted octanol–water partition coefficient (Wildman–Crippen LogP) is 2.00. The Hall–Kier alpha value is -2.98. The van der Waals surface area contributed by atoms with Gasteiger partial charge in [-0.25, -0.2) is 13.1 Å². The number of amides is 2. The molecule has 1 saturated carbocycles. The van der Waals surface area contributed by atoms with Crippen molar-refractivity contribution in [3.05, 3.63) is 54.4 Å². The van der Waals surface area contributed by atoms with E-state index in [1.54, 1.807) is 31.3 Å². The second-order valence-corrected chi connectivity index (χ2v) is 10.3. The summed E-state index contributed by atoms with van der Waals surface area (Å²) in [6.07, 6.45) is 4.45. The van der Waals surface area contributed by atoms with Gasteiger partial charge in [-0.15, -0.1) is 0 Å². The van der Waals surface area contributed by atoms with Gasteiger partial charge in [-0.05, 0) is 74.9 Å². The summed E-state index contributed by atoms with van der Waals surface area (Å²) in [6, 6.07) is 11.1. The molecule has 0 aliphatic heterocycles. The van der Waals surface area contributed by atoms with E-state index < -0.39 is 16.1 Å². The molecule has 184 valence electrons. The zero-order chi connectivity index (χ0) is 24.6. The molecule has 0 spiro atoms. The molecule has 0 bridgehead atoms. The number of sulfonamides is 1. The molecule has 0 radical (unpaired) electrons. The Balaban J connectivity index is 1.39. The first-order valence-electron chi connectivity index (χ1n) is 11.4. The normalized spacial score (nSPS) is 19.1. The lowest BCUT2D eigenvalue weighted by Crippen LogP contribution is -2.47. The molecular weight excluding hydrogens is 456 g/mol. The van der Waals surface area contributed by atoms with E-state index in [2.05, 4.69) is 20.3 Å². The van der Waals surface area contributed by atoms with E-state index in [4.69, 9.17) is 4.74 Å². The number of hydrogen-bond donors (Lipinski definition) is 3. The molecule has 1 fully saturated rings. The third-order valence-electron chi connectivity index (χ3n) is 6.07. The van der Waals surface area contributed by atoms with Crippen molar-refractivity contribution >= 4 is 21.8 Å². The van der Waals surface area contributed by atoms with Gasteiger partial charge in [-0.1, -0.05) is 6.07 Å². The van der Waals surface area contributed by atoms with Crippen LogP contribution in [0.1, 0.15) is 38.3 Å². The van der Waals surface area contributed by atoms with Gasteiger partial charge in [0, 0.05) is 18.7 Å². The molecule has 1 atom stereocenters. The van der Waals surface area contributed by atoms with Gasteiger partial charge in [-0.3, -0.25) is 14.6 Å². The number of carbonyl (C=O) groups is 2. The molecule has 1 aliphatic carbocycles. The van der Waals surface area contributed by atoms with Gasteiger partial charge >= 0.3 is 0 Å². The highest BCUT2D eigenvalue weighted by molar-refractivity contribution is 7.89. The summed E-state index contributed by atoms with van der Waals surface area (Å²) in [4.78, 5) is 29.3. The second-order valence-electron chi connectivity index (χ2n) is 8.51. The predicted molar refractivity (Wildman–Crippen MR) is 127 cm³/mol. The van der Waals surface area contributed by atoms with E-state index in [9.17, 15) is 18.0 Å². The van der Waals surface area contributed by atoms with Crippen LogP contribution in [0.2, 0.25) is 0 Å². The fourth-order valence-electron chi connectivity index (χ4n) is 3.92. The average Bonchev–Trinajstić information content (AvgIpc) is 2.87. The summed E-state index contributed by atoms with van der Waals surface area (Å²) in [5.41, 5.74) is 0.746. The van der Waals surface area contributed by atoms with Crippen LogP contribution in [0, 0.1) is 11.8 Å². The second kappa shape index (κ2) is 11.9. The molecule has 2 amide bonds. The van der Waals surface area contributed by atoms with Crippen molar-refractivity contribution in [2.24, 2.45) is 11.8 Å². The number of rotatable bonds is 10. The number of hydrogen-bond acceptors (Lipinski definition) is 6. The monoisotopic (exact) mass is 488 g/mol. The lowest BCUT2D eigenvalue weighted by Gasteiger charge is -2.28. The van der Waals surface area contributed by atoms with E-state index in [-0.39, 0.29) is 28.5 Å². The number of aromatic nitrogens is 1. The molecule has 1 aromatic carbocycles. The fraction of sp³-hybridized carbons (Fsp3) is 0.458. The van der Waals surface area contributed by atoms with Crippen molar-refractivity contribution in [2.75, 3.05) is 13.7 Å². The van der Waals surface area contributed by atoms with Crippen molar-refractivity contribution in [3.63, 3.8) is 0 Å². The van der Waals surface area contributed by atoms with Crippen LogP contribution in [0.3, 0.4) is 0 Å². The molecule has 0 saturated heterocycles. The largest absolute Gasteiger partial charge is 0.497 e. The summed E-state index contributed by atoms with van der Waals surface area (Å²) in [7, 11) is -2.07. The lowest BCUT2D eigenvalue weighted by atomic mass is 9.81. The van der Waals surface area contributed by atoms with Gasteiger partial charge in [-0.2, -0.15) is 0 Å². The highest BCUT2D eigenvalue weighted by Crippen LogP contribution is 2.29. The van der Waals surface area contributed by atoms with Crippen LogP contribution < -0.4 is 20.1 Å². The maximum absolute atomic E-state index is 12.6. The van der Waals surface area contributed by atoms with Crippen LogP contribution in [-0.4, -0.2) is 44.9 Å². The summed E-state index contributed by atoms with van der Waals surface area (Å²) in [5, 5.41) is 5.57. The van der Waals surface area contributed by atoms with E-state index in [1.807, 2.05) is 12.1 Å². The molecular formula is C24H32N4O5S. The van der Waals surface area contributed by atoms with Gasteiger partial charge in [0.1, 0.15) is 11.8 Å². The van der Waals surface area contributed by atoms with Crippen molar-refractivity contribution < 1.29 is 22.7 Å². The van der Waals surface area contributed by atoms with Crippen molar-refractivity contribution in [1.29, 1.82) is 0 Å². The zero-order valence-corrected chi connectivity index (χ0v) is 20.3. The van der Waals surface area contributed by atoms with Crippen LogP contribution in [0.15, 0.2) is 53.6 Å². The first kappa shape index (κ1) is 25.6. The molecule has 0 unspecified atom stereocenters. The van der Waals surface area contributed by atoms with Crippen molar-refractivity contribution in [1.82, 2.24) is 20.3 Å².